The average molecular weight is 258 g/mol. The molecule has 100 valence electrons. The molecule has 0 saturated carbocycles. The summed E-state index contributed by atoms with van der Waals surface area (Å²) in [5.41, 5.74) is 7.36. The van der Waals surface area contributed by atoms with Crippen molar-refractivity contribution < 1.29 is 4.79 Å². The number of hydrogen-bond acceptors (Lipinski definition) is 3. The number of imidazole rings is 1. The summed E-state index contributed by atoms with van der Waals surface area (Å²) < 4.78 is 1.90. The van der Waals surface area contributed by atoms with Crippen LogP contribution in [0.5, 0.6) is 0 Å². The molecular weight excluding hydrogens is 240 g/mol. The molecule has 1 aromatic carbocycles. The minimum atomic E-state index is 0.0286. The van der Waals surface area contributed by atoms with Crippen molar-refractivity contribution >= 4 is 11.6 Å². The molecule has 0 atom stereocenters. The number of rotatable bonds is 4. The van der Waals surface area contributed by atoms with Gasteiger partial charge in [0.25, 0.3) is 0 Å². The number of nitrogens with zero attached hydrogens (tertiary/aromatic N) is 3. The highest BCUT2D eigenvalue weighted by molar-refractivity contribution is 5.80. The van der Waals surface area contributed by atoms with Crippen LogP contribution in [0.3, 0.4) is 0 Å². The summed E-state index contributed by atoms with van der Waals surface area (Å²) in [6, 6.07) is 7.43. The van der Waals surface area contributed by atoms with Crippen molar-refractivity contribution in [2.75, 3.05) is 12.8 Å². The van der Waals surface area contributed by atoms with E-state index in [4.69, 9.17) is 5.73 Å². The summed E-state index contributed by atoms with van der Waals surface area (Å²) in [6.45, 7) is 0.495. The zero-order valence-corrected chi connectivity index (χ0v) is 11.2. The Balaban J connectivity index is 2.00. The summed E-state index contributed by atoms with van der Waals surface area (Å²) in [4.78, 5) is 18.0. The highest BCUT2D eigenvalue weighted by Crippen LogP contribution is 2.12. The van der Waals surface area contributed by atoms with Crippen LogP contribution in [0.2, 0.25) is 0 Å². The van der Waals surface area contributed by atoms with E-state index in [1.165, 1.54) is 0 Å². The van der Waals surface area contributed by atoms with Gasteiger partial charge in [-0.05, 0) is 11.6 Å². The van der Waals surface area contributed by atoms with Crippen LogP contribution in [-0.4, -0.2) is 27.4 Å². The van der Waals surface area contributed by atoms with E-state index in [1.54, 1.807) is 24.2 Å². The number of amides is 1. The van der Waals surface area contributed by atoms with E-state index in [-0.39, 0.29) is 5.91 Å². The van der Waals surface area contributed by atoms with Gasteiger partial charge in [-0.25, -0.2) is 4.98 Å². The molecule has 0 spiro atoms. The zero-order chi connectivity index (χ0) is 13.8. The Kier molecular flexibility index (Phi) is 3.85. The van der Waals surface area contributed by atoms with Crippen LogP contribution in [-0.2, 0) is 24.8 Å². The van der Waals surface area contributed by atoms with Gasteiger partial charge in [0.05, 0.1) is 13.0 Å². The lowest BCUT2D eigenvalue weighted by Gasteiger charge is -2.17. The molecule has 5 nitrogen and oxygen atoms in total. The minimum Gasteiger partial charge on any atom is -0.398 e. The van der Waals surface area contributed by atoms with E-state index in [1.807, 2.05) is 36.0 Å². The van der Waals surface area contributed by atoms with E-state index in [0.717, 1.165) is 11.4 Å². The SMILES string of the molecule is CN(Cc1nccn1C)C(=O)Cc1ccccc1N. The van der Waals surface area contributed by atoms with E-state index in [9.17, 15) is 4.79 Å². The van der Waals surface area contributed by atoms with E-state index < -0.39 is 0 Å². The number of carbonyl (C=O) groups excluding carboxylic acids is 1. The van der Waals surface area contributed by atoms with Crippen LogP contribution in [0.25, 0.3) is 0 Å². The predicted molar refractivity (Wildman–Crippen MR) is 74.2 cm³/mol. The van der Waals surface area contributed by atoms with Crippen molar-refractivity contribution in [1.29, 1.82) is 0 Å². The molecule has 0 fully saturated rings. The molecule has 5 heteroatoms. The lowest BCUT2D eigenvalue weighted by molar-refractivity contribution is -0.129. The number of nitrogens with two attached hydrogens (primary N) is 1. The number of benzene rings is 1. The Hall–Kier alpha value is -2.30. The minimum absolute atomic E-state index is 0.0286. The summed E-state index contributed by atoms with van der Waals surface area (Å²) in [5.74, 6) is 0.887. The van der Waals surface area contributed by atoms with Crippen LogP contribution >= 0.6 is 0 Å². The maximum Gasteiger partial charge on any atom is 0.227 e. The fourth-order valence-corrected chi connectivity index (χ4v) is 1.84. The topological polar surface area (TPSA) is 64.2 Å². The van der Waals surface area contributed by atoms with Gasteiger partial charge in [-0.1, -0.05) is 18.2 Å². The molecule has 2 N–H and O–H groups in total. The molecule has 0 bridgehead atoms. The molecule has 1 amide bonds. The Labute approximate surface area is 112 Å². The molecule has 0 aliphatic carbocycles. The number of aromatic nitrogens is 2. The van der Waals surface area contributed by atoms with Crippen molar-refractivity contribution in [3.63, 3.8) is 0 Å². The van der Waals surface area contributed by atoms with Crippen molar-refractivity contribution in [2.24, 2.45) is 7.05 Å². The van der Waals surface area contributed by atoms with E-state index in [2.05, 4.69) is 4.98 Å². The maximum absolute atomic E-state index is 12.1. The molecule has 1 heterocycles. The normalized spacial score (nSPS) is 10.4. The molecule has 0 unspecified atom stereocenters. The van der Waals surface area contributed by atoms with Gasteiger partial charge in [0.15, 0.2) is 0 Å². The second-order valence-electron chi connectivity index (χ2n) is 4.58. The largest absolute Gasteiger partial charge is 0.398 e. The molecule has 1 aromatic heterocycles. The van der Waals surface area contributed by atoms with Gasteiger partial charge < -0.3 is 15.2 Å². The molecule has 0 radical (unpaired) electrons. The first kappa shape index (κ1) is 13.1. The van der Waals surface area contributed by atoms with E-state index >= 15 is 0 Å². The Morgan fingerprint density at radius 3 is 2.79 bits per heavy atom. The van der Waals surface area contributed by atoms with Crippen LogP contribution in [0, 0.1) is 0 Å². The lowest BCUT2D eigenvalue weighted by atomic mass is 10.1. The highest BCUT2D eigenvalue weighted by atomic mass is 16.2. The zero-order valence-electron chi connectivity index (χ0n) is 11.2. The quantitative estimate of drug-likeness (QED) is 0.838. The predicted octanol–water partition coefficient (Wildman–Crippen LogP) is 1.20. The number of carbonyl (C=O) groups is 1. The second kappa shape index (κ2) is 5.56. The van der Waals surface area contributed by atoms with Gasteiger partial charge in [0, 0.05) is 32.2 Å². The molecule has 0 aliphatic rings. The highest BCUT2D eigenvalue weighted by Gasteiger charge is 2.13. The fourth-order valence-electron chi connectivity index (χ4n) is 1.84. The van der Waals surface area contributed by atoms with Crippen LogP contribution in [0.15, 0.2) is 36.7 Å². The third-order valence-corrected chi connectivity index (χ3v) is 3.12. The third-order valence-electron chi connectivity index (χ3n) is 3.12. The van der Waals surface area contributed by atoms with Crippen molar-refractivity contribution in [2.45, 2.75) is 13.0 Å². The smallest absolute Gasteiger partial charge is 0.227 e. The standard InChI is InChI=1S/C14H18N4O/c1-17-8-7-16-13(17)10-18(2)14(19)9-11-5-3-4-6-12(11)15/h3-8H,9-10,15H2,1-2H3. The monoisotopic (exact) mass is 258 g/mol. The average Bonchev–Trinajstić information content (AvgIpc) is 2.78. The molecular formula is C14H18N4O. The number of likely N-dealkylation sites (N-methyl/N-ethyl adjacent to an activating group) is 1. The molecule has 2 aromatic rings. The molecule has 0 saturated heterocycles. The Morgan fingerprint density at radius 2 is 2.16 bits per heavy atom. The van der Waals surface area contributed by atoms with Crippen molar-refractivity contribution in [3.05, 3.63) is 48.0 Å². The summed E-state index contributed by atoms with van der Waals surface area (Å²) in [7, 11) is 3.69. The van der Waals surface area contributed by atoms with Gasteiger partial charge in [0.1, 0.15) is 5.82 Å². The Morgan fingerprint density at radius 1 is 1.42 bits per heavy atom. The molecule has 19 heavy (non-hydrogen) atoms. The summed E-state index contributed by atoms with van der Waals surface area (Å²) >= 11 is 0. The van der Waals surface area contributed by atoms with Crippen LogP contribution in [0.4, 0.5) is 5.69 Å². The first-order chi connectivity index (χ1) is 9.08. The Bertz CT molecular complexity index is 576. The lowest BCUT2D eigenvalue weighted by Crippen LogP contribution is -2.29. The fraction of sp³-hybridized carbons (Fsp3) is 0.286. The number of aryl methyl sites for hydroxylation is 1. The van der Waals surface area contributed by atoms with Crippen molar-refractivity contribution in [3.8, 4) is 0 Å². The number of nitrogen functional groups attached to an aromatic ring is 1. The molecule has 0 aliphatic heterocycles. The van der Waals surface area contributed by atoms with Crippen molar-refractivity contribution in [1.82, 2.24) is 14.5 Å². The van der Waals surface area contributed by atoms with E-state index in [0.29, 0.717) is 18.7 Å². The van der Waals surface area contributed by atoms with Crippen LogP contribution < -0.4 is 5.73 Å². The van der Waals surface area contributed by atoms with Crippen LogP contribution in [0.1, 0.15) is 11.4 Å². The van der Waals surface area contributed by atoms with Gasteiger partial charge in [-0.3, -0.25) is 4.79 Å². The second-order valence-corrected chi connectivity index (χ2v) is 4.58. The first-order valence-corrected chi connectivity index (χ1v) is 6.11. The van der Waals surface area contributed by atoms with Gasteiger partial charge in [-0.2, -0.15) is 0 Å². The molecule has 2 rings (SSSR count). The maximum atomic E-state index is 12.1. The summed E-state index contributed by atoms with van der Waals surface area (Å²) in [5, 5.41) is 0. The van der Waals surface area contributed by atoms with Gasteiger partial charge in [-0.15, -0.1) is 0 Å². The third kappa shape index (κ3) is 3.13. The van der Waals surface area contributed by atoms with Gasteiger partial charge in [0.2, 0.25) is 5.91 Å². The summed E-state index contributed by atoms with van der Waals surface area (Å²) in [6.07, 6.45) is 3.90. The first-order valence-electron chi connectivity index (χ1n) is 6.11. The van der Waals surface area contributed by atoms with Gasteiger partial charge >= 0.3 is 0 Å². The number of anilines is 1. The number of hydrogen-bond donors (Lipinski definition) is 1. The number of para-hydroxylation sites is 1.